The van der Waals surface area contributed by atoms with Crippen molar-refractivity contribution in [2.24, 2.45) is 0 Å². The highest BCUT2D eigenvalue weighted by Gasteiger charge is 2.35. The molecule has 2 heterocycles. The molecule has 0 radical (unpaired) electrons. The minimum atomic E-state index is -3.05. The predicted molar refractivity (Wildman–Crippen MR) is 79.3 cm³/mol. The highest BCUT2D eigenvalue weighted by molar-refractivity contribution is 7.88. The Morgan fingerprint density at radius 2 is 1.95 bits per heavy atom. The molecule has 0 aromatic rings. The number of nitrogens with one attached hydrogen (secondary N) is 1. The molecule has 6 nitrogen and oxygen atoms in total. The van der Waals surface area contributed by atoms with Crippen LogP contribution in [0.25, 0.3) is 0 Å². The van der Waals surface area contributed by atoms with E-state index in [2.05, 4.69) is 10.2 Å². The van der Waals surface area contributed by atoms with Gasteiger partial charge in [-0.15, -0.1) is 0 Å². The first-order valence-electron chi connectivity index (χ1n) is 7.45. The molecule has 0 aromatic carbocycles. The van der Waals surface area contributed by atoms with E-state index in [1.807, 2.05) is 7.05 Å². The van der Waals surface area contributed by atoms with Gasteiger partial charge in [0.05, 0.1) is 6.26 Å². The predicted octanol–water partition coefficient (Wildman–Crippen LogP) is -0.279. The normalized spacial score (nSPS) is 26.4. The Hall–Kier alpha value is -0.210. The van der Waals surface area contributed by atoms with Gasteiger partial charge in [0.1, 0.15) is 0 Å². The molecule has 0 bridgehead atoms. The summed E-state index contributed by atoms with van der Waals surface area (Å²) in [6.07, 6.45) is 4.36. The monoisotopic (exact) mass is 305 g/mol. The summed E-state index contributed by atoms with van der Waals surface area (Å²) in [5.74, 6) is 0. The number of sulfonamides is 1. The van der Waals surface area contributed by atoms with Gasteiger partial charge >= 0.3 is 0 Å². The first kappa shape index (κ1) is 16.2. The number of ether oxygens (including phenoxy) is 1. The smallest absolute Gasteiger partial charge is 0.211 e. The lowest BCUT2D eigenvalue weighted by Crippen LogP contribution is -2.49. The van der Waals surface area contributed by atoms with Crippen molar-refractivity contribution in [1.29, 1.82) is 0 Å². The molecule has 0 saturated carbocycles. The zero-order chi connectivity index (χ0) is 14.6. The van der Waals surface area contributed by atoms with Crippen molar-refractivity contribution in [2.75, 3.05) is 52.7 Å². The van der Waals surface area contributed by atoms with Crippen LogP contribution in [0.15, 0.2) is 0 Å². The Labute approximate surface area is 122 Å². The second kappa shape index (κ2) is 7.17. The lowest BCUT2D eigenvalue weighted by Gasteiger charge is -2.38. The first-order valence-corrected chi connectivity index (χ1v) is 9.30. The second-order valence-electron chi connectivity index (χ2n) is 5.75. The Kier molecular flexibility index (Phi) is 5.80. The van der Waals surface area contributed by atoms with Crippen molar-refractivity contribution in [3.63, 3.8) is 0 Å². The van der Waals surface area contributed by atoms with E-state index in [1.54, 1.807) is 4.31 Å². The van der Waals surface area contributed by atoms with Crippen LogP contribution in [0.1, 0.15) is 19.3 Å². The standard InChI is InChI=1S/C13H27N3O3S/c1-14-6-8-16(12-4-9-19-10-5-12)13-3-7-15(11-13)20(2,17)18/h12-14H,3-11H2,1-2H3. The third kappa shape index (κ3) is 4.14. The molecule has 0 aromatic heterocycles. The average Bonchev–Trinajstić information content (AvgIpc) is 2.90. The summed E-state index contributed by atoms with van der Waals surface area (Å²) in [4.78, 5) is 2.50. The van der Waals surface area contributed by atoms with Crippen LogP contribution in [0.3, 0.4) is 0 Å². The molecule has 0 amide bonds. The van der Waals surface area contributed by atoms with Crippen LogP contribution in [0.2, 0.25) is 0 Å². The van der Waals surface area contributed by atoms with Crippen LogP contribution in [0, 0.1) is 0 Å². The molecule has 20 heavy (non-hydrogen) atoms. The zero-order valence-electron chi connectivity index (χ0n) is 12.5. The molecule has 0 spiro atoms. The fourth-order valence-corrected chi connectivity index (χ4v) is 4.08. The van der Waals surface area contributed by atoms with Crippen LogP contribution in [0.5, 0.6) is 0 Å². The van der Waals surface area contributed by atoms with E-state index in [-0.39, 0.29) is 0 Å². The number of rotatable bonds is 6. The molecule has 1 unspecified atom stereocenters. The Bertz CT molecular complexity index is 396. The van der Waals surface area contributed by atoms with Crippen molar-refractivity contribution in [3.8, 4) is 0 Å². The highest BCUT2D eigenvalue weighted by Crippen LogP contribution is 2.24. The summed E-state index contributed by atoms with van der Waals surface area (Å²) in [6.45, 7) is 4.85. The van der Waals surface area contributed by atoms with Gasteiger partial charge in [0.15, 0.2) is 0 Å². The summed E-state index contributed by atoms with van der Waals surface area (Å²) in [5, 5.41) is 3.20. The maximum Gasteiger partial charge on any atom is 0.211 e. The Balaban J connectivity index is 1.99. The second-order valence-corrected chi connectivity index (χ2v) is 7.73. The van der Waals surface area contributed by atoms with Crippen LogP contribution < -0.4 is 5.32 Å². The van der Waals surface area contributed by atoms with Crippen molar-refractivity contribution in [1.82, 2.24) is 14.5 Å². The van der Waals surface area contributed by atoms with E-state index < -0.39 is 10.0 Å². The van der Waals surface area contributed by atoms with Gasteiger partial charge in [0, 0.05) is 51.5 Å². The quantitative estimate of drug-likeness (QED) is 0.731. The van der Waals surface area contributed by atoms with Gasteiger partial charge in [0.2, 0.25) is 10.0 Å². The third-order valence-electron chi connectivity index (χ3n) is 4.34. The van der Waals surface area contributed by atoms with Crippen molar-refractivity contribution in [2.45, 2.75) is 31.3 Å². The van der Waals surface area contributed by atoms with Crippen LogP contribution in [-0.4, -0.2) is 82.4 Å². The maximum atomic E-state index is 11.7. The molecule has 2 saturated heterocycles. The minimum Gasteiger partial charge on any atom is -0.381 e. The van der Waals surface area contributed by atoms with Crippen molar-refractivity contribution >= 4 is 10.0 Å². The van der Waals surface area contributed by atoms with Gasteiger partial charge in [-0.05, 0) is 26.3 Å². The molecule has 2 aliphatic heterocycles. The Morgan fingerprint density at radius 3 is 2.50 bits per heavy atom. The summed E-state index contributed by atoms with van der Waals surface area (Å²) in [5.41, 5.74) is 0. The molecule has 0 aliphatic carbocycles. The van der Waals surface area contributed by atoms with Crippen molar-refractivity contribution < 1.29 is 13.2 Å². The van der Waals surface area contributed by atoms with E-state index >= 15 is 0 Å². The number of likely N-dealkylation sites (N-methyl/N-ethyl adjacent to an activating group) is 1. The fourth-order valence-electron chi connectivity index (χ4n) is 3.20. The van der Waals surface area contributed by atoms with Gasteiger partial charge in [-0.1, -0.05) is 0 Å². The average molecular weight is 305 g/mol. The van der Waals surface area contributed by atoms with Gasteiger partial charge in [-0.3, -0.25) is 4.90 Å². The fraction of sp³-hybridized carbons (Fsp3) is 1.00. The highest BCUT2D eigenvalue weighted by atomic mass is 32.2. The van der Waals surface area contributed by atoms with Crippen LogP contribution in [0.4, 0.5) is 0 Å². The lowest BCUT2D eigenvalue weighted by molar-refractivity contribution is 0.0196. The van der Waals surface area contributed by atoms with Gasteiger partial charge < -0.3 is 10.1 Å². The largest absolute Gasteiger partial charge is 0.381 e. The molecular formula is C13H27N3O3S. The molecular weight excluding hydrogens is 278 g/mol. The summed E-state index contributed by atoms with van der Waals surface area (Å²) in [7, 11) is -1.10. The molecule has 2 fully saturated rings. The van der Waals surface area contributed by atoms with Crippen molar-refractivity contribution in [3.05, 3.63) is 0 Å². The number of nitrogens with zero attached hydrogens (tertiary/aromatic N) is 2. The molecule has 1 N–H and O–H groups in total. The Morgan fingerprint density at radius 1 is 1.25 bits per heavy atom. The van der Waals surface area contributed by atoms with E-state index in [0.717, 1.165) is 45.6 Å². The van der Waals surface area contributed by atoms with E-state index in [9.17, 15) is 8.42 Å². The van der Waals surface area contributed by atoms with Gasteiger partial charge in [-0.2, -0.15) is 0 Å². The van der Waals surface area contributed by atoms with Crippen LogP contribution in [-0.2, 0) is 14.8 Å². The number of hydrogen-bond acceptors (Lipinski definition) is 5. The third-order valence-corrected chi connectivity index (χ3v) is 5.61. The summed E-state index contributed by atoms with van der Waals surface area (Å²) in [6, 6.07) is 0.878. The van der Waals surface area contributed by atoms with Crippen LogP contribution >= 0.6 is 0 Å². The topological polar surface area (TPSA) is 61.9 Å². The molecule has 118 valence electrons. The van der Waals surface area contributed by atoms with Gasteiger partial charge in [0.25, 0.3) is 0 Å². The molecule has 2 aliphatic rings. The summed E-state index contributed by atoms with van der Waals surface area (Å²) >= 11 is 0. The maximum absolute atomic E-state index is 11.7. The molecule has 2 rings (SSSR count). The first-order chi connectivity index (χ1) is 9.52. The van der Waals surface area contributed by atoms with Gasteiger partial charge in [-0.25, -0.2) is 12.7 Å². The zero-order valence-corrected chi connectivity index (χ0v) is 13.4. The van der Waals surface area contributed by atoms with E-state index in [4.69, 9.17) is 4.74 Å². The summed E-state index contributed by atoms with van der Waals surface area (Å²) < 4.78 is 30.4. The SMILES string of the molecule is CNCCN(C1CCOCC1)C1CCN(S(C)(=O)=O)C1. The molecule has 1 atom stereocenters. The minimum absolute atomic E-state index is 0.348. The lowest BCUT2D eigenvalue weighted by atomic mass is 10.0. The van der Waals surface area contributed by atoms with E-state index in [0.29, 0.717) is 25.2 Å². The number of hydrogen-bond donors (Lipinski definition) is 1. The molecule has 7 heteroatoms. The van der Waals surface area contributed by atoms with E-state index in [1.165, 1.54) is 6.26 Å².